The van der Waals surface area contributed by atoms with Gasteiger partial charge in [0.25, 0.3) is 0 Å². The van der Waals surface area contributed by atoms with Crippen molar-refractivity contribution in [3.8, 4) is 0 Å². The lowest BCUT2D eigenvalue weighted by Gasteiger charge is -2.20. The topological polar surface area (TPSA) is 55.7 Å². The van der Waals surface area contributed by atoms with Gasteiger partial charge in [-0.15, -0.1) is 0 Å². The second-order valence-electron chi connectivity index (χ2n) is 5.14. The Morgan fingerprint density at radius 3 is 2.40 bits per heavy atom. The third kappa shape index (κ3) is 3.41. The average Bonchev–Trinajstić information content (AvgIpc) is 2.93. The first kappa shape index (κ1) is 11.3. The predicted molar refractivity (Wildman–Crippen MR) is 58.6 cm³/mol. The number of aliphatic hydroxyl groups excluding tert-OH is 2. The maximum absolute atomic E-state index is 9.40. The van der Waals surface area contributed by atoms with Crippen LogP contribution >= 0.6 is 0 Å². The fourth-order valence-electron chi connectivity index (χ4n) is 2.16. The van der Waals surface area contributed by atoms with E-state index in [0.29, 0.717) is 19.0 Å². The van der Waals surface area contributed by atoms with E-state index in [1.165, 1.54) is 12.8 Å². The number of β-amino-alcohol motifs (C(OH)–C–C–N with tert-alkyl or cyclic N) is 2. The molecule has 0 amide bonds. The summed E-state index contributed by atoms with van der Waals surface area (Å²) in [7, 11) is 0. The summed E-state index contributed by atoms with van der Waals surface area (Å²) >= 11 is 0. The minimum Gasteiger partial charge on any atom is -0.389 e. The first-order valence-corrected chi connectivity index (χ1v) is 5.97. The second kappa shape index (κ2) is 4.78. The lowest BCUT2D eigenvalue weighted by atomic mass is 10.1. The normalized spacial score (nSPS) is 34.6. The molecule has 1 saturated heterocycles. The molecule has 15 heavy (non-hydrogen) atoms. The van der Waals surface area contributed by atoms with Crippen molar-refractivity contribution in [3.63, 3.8) is 0 Å². The van der Waals surface area contributed by atoms with Crippen molar-refractivity contribution in [2.75, 3.05) is 26.2 Å². The Labute approximate surface area is 91.3 Å². The number of hydrogen-bond acceptors (Lipinski definition) is 4. The Bertz CT molecular complexity index is 199. The molecule has 4 nitrogen and oxygen atoms in total. The molecule has 0 aromatic heterocycles. The SMILES string of the molecule is CC(CNC1CC1)CN1CC(O)C(O)C1. The summed E-state index contributed by atoms with van der Waals surface area (Å²) in [6.45, 7) is 5.47. The first-order chi connectivity index (χ1) is 7.15. The Hall–Kier alpha value is -0.160. The minimum absolute atomic E-state index is 0.548. The molecule has 1 aliphatic heterocycles. The van der Waals surface area contributed by atoms with Crippen molar-refractivity contribution in [3.05, 3.63) is 0 Å². The molecule has 0 aromatic rings. The van der Waals surface area contributed by atoms with Crippen LogP contribution in [0, 0.1) is 5.92 Å². The number of nitrogens with zero attached hydrogens (tertiary/aromatic N) is 1. The summed E-state index contributed by atoms with van der Waals surface area (Å²) in [5.74, 6) is 0.586. The minimum atomic E-state index is -0.548. The van der Waals surface area contributed by atoms with E-state index < -0.39 is 12.2 Å². The third-order valence-corrected chi connectivity index (χ3v) is 3.24. The Morgan fingerprint density at radius 1 is 1.27 bits per heavy atom. The van der Waals surface area contributed by atoms with Gasteiger partial charge in [-0.05, 0) is 25.3 Å². The van der Waals surface area contributed by atoms with Crippen LogP contribution in [0.5, 0.6) is 0 Å². The van der Waals surface area contributed by atoms with Crippen LogP contribution in [-0.2, 0) is 0 Å². The maximum Gasteiger partial charge on any atom is 0.0938 e. The molecule has 1 saturated carbocycles. The zero-order chi connectivity index (χ0) is 10.8. The monoisotopic (exact) mass is 214 g/mol. The zero-order valence-corrected chi connectivity index (χ0v) is 9.39. The van der Waals surface area contributed by atoms with Gasteiger partial charge in [-0.2, -0.15) is 0 Å². The highest BCUT2D eigenvalue weighted by molar-refractivity contribution is 4.85. The fourth-order valence-corrected chi connectivity index (χ4v) is 2.16. The fraction of sp³-hybridized carbons (Fsp3) is 1.00. The molecule has 3 atom stereocenters. The number of rotatable bonds is 5. The van der Waals surface area contributed by atoms with Crippen LogP contribution in [-0.4, -0.2) is 59.5 Å². The van der Waals surface area contributed by atoms with E-state index in [4.69, 9.17) is 0 Å². The molecule has 2 aliphatic rings. The summed E-state index contributed by atoms with van der Waals surface area (Å²) in [5.41, 5.74) is 0. The third-order valence-electron chi connectivity index (χ3n) is 3.24. The largest absolute Gasteiger partial charge is 0.389 e. The molecular weight excluding hydrogens is 192 g/mol. The van der Waals surface area contributed by atoms with Gasteiger partial charge in [0.05, 0.1) is 12.2 Å². The quantitative estimate of drug-likeness (QED) is 0.573. The van der Waals surface area contributed by atoms with E-state index in [1.807, 2.05) is 0 Å². The lowest BCUT2D eigenvalue weighted by Crippen LogP contribution is -2.33. The highest BCUT2D eigenvalue weighted by atomic mass is 16.3. The highest BCUT2D eigenvalue weighted by Crippen LogP contribution is 2.19. The van der Waals surface area contributed by atoms with Gasteiger partial charge in [0.2, 0.25) is 0 Å². The average molecular weight is 214 g/mol. The Morgan fingerprint density at radius 2 is 1.87 bits per heavy atom. The van der Waals surface area contributed by atoms with Crippen LogP contribution < -0.4 is 5.32 Å². The van der Waals surface area contributed by atoms with Crippen LogP contribution in [0.15, 0.2) is 0 Å². The number of hydrogen-bond donors (Lipinski definition) is 3. The van der Waals surface area contributed by atoms with Crippen molar-refractivity contribution in [2.24, 2.45) is 5.92 Å². The van der Waals surface area contributed by atoms with Gasteiger partial charge in [0, 0.05) is 25.7 Å². The van der Waals surface area contributed by atoms with Crippen LogP contribution in [0.3, 0.4) is 0 Å². The second-order valence-corrected chi connectivity index (χ2v) is 5.14. The summed E-state index contributed by atoms with van der Waals surface area (Å²) in [5, 5.41) is 22.3. The molecule has 0 spiro atoms. The molecule has 4 heteroatoms. The molecule has 0 aromatic carbocycles. The van der Waals surface area contributed by atoms with E-state index >= 15 is 0 Å². The lowest BCUT2D eigenvalue weighted by molar-refractivity contribution is 0.0572. The highest BCUT2D eigenvalue weighted by Gasteiger charge is 2.30. The molecule has 3 unspecified atom stereocenters. The van der Waals surface area contributed by atoms with E-state index in [9.17, 15) is 10.2 Å². The van der Waals surface area contributed by atoms with Crippen molar-refractivity contribution in [1.82, 2.24) is 10.2 Å². The summed E-state index contributed by atoms with van der Waals surface area (Å²) < 4.78 is 0. The van der Waals surface area contributed by atoms with E-state index in [2.05, 4.69) is 17.1 Å². The van der Waals surface area contributed by atoms with Crippen LogP contribution in [0.25, 0.3) is 0 Å². The molecule has 0 bridgehead atoms. The van der Waals surface area contributed by atoms with E-state index in [0.717, 1.165) is 19.1 Å². The summed E-state index contributed by atoms with van der Waals surface area (Å²) in [6.07, 6.45) is 1.56. The molecule has 88 valence electrons. The first-order valence-electron chi connectivity index (χ1n) is 5.97. The molecule has 1 heterocycles. The van der Waals surface area contributed by atoms with Crippen molar-refractivity contribution in [2.45, 2.75) is 38.0 Å². The smallest absolute Gasteiger partial charge is 0.0938 e. The zero-order valence-electron chi connectivity index (χ0n) is 9.39. The van der Waals surface area contributed by atoms with Crippen molar-refractivity contribution >= 4 is 0 Å². The molecular formula is C11H22N2O2. The standard InChI is InChI=1S/C11H22N2O2/c1-8(4-12-9-2-3-9)5-13-6-10(14)11(15)7-13/h8-12,14-15H,2-7H2,1H3. The van der Waals surface area contributed by atoms with Crippen LogP contribution in [0.4, 0.5) is 0 Å². The maximum atomic E-state index is 9.40. The number of nitrogens with one attached hydrogen (secondary N) is 1. The van der Waals surface area contributed by atoms with Gasteiger partial charge in [-0.3, -0.25) is 4.90 Å². The Balaban J connectivity index is 1.62. The summed E-state index contributed by atoms with van der Waals surface area (Å²) in [4.78, 5) is 2.15. The number of likely N-dealkylation sites (tertiary alicyclic amines) is 1. The van der Waals surface area contributed by atoms with Crippen LogP contribution in [0.1, 0.15) is 19.8 Å². The number of aliphatic hydroxyl groups is 2. The molecule has 3 N–H and O–H groups in total. The van der Waals surface area contributed by atoms with E-state index in [-0.39, 0.29) is 0 Å². The van der Waals surface area contributed by atoms with Gasteiger partial charge in [-0.25, -0.2) is 0 Å². The molecule has 2 fully saturated rings. The van der Waals surface area contributed by atoms with Gasteiger partial charge in [0.1, 0.15) is 0 Å². The van der Waals surface area contributed by atoms with Gasteiger partial charge in [-0.1, -0.05) is 6.92 Å². The van der Waals surface area contributed by atoms with Gasteiger partial charge >= 0.3 is 0 Å². The predicted octanol–water partition coefficient (Wildman–Crippen LogP) is -0.588. The Kier molecular flexibility index (Phi) is 3.61. The van der Waals surface area contributed by atoms with E-state index in [1.54, 1.807) is 0 Å². The van der Waals surface area contributed by atoms with Crippen molar-refractivity contribution < 1.29 is 10.2 Å². The molecule has 1 aliphatic carbocycles. The van der Waals surface area contributed by atoms with Crippen molar-refractivity contribution in [1.29, 1.82) is 0 Å². The molecule has 0 radical (unpaired) electrons. The van der Waals surface area contributed by atoms with Gasteiger partial charge in [0.15, 0.2) is 0 Å². The van der Waals surface area contributed by atoms with Gasteiger partial charge < -0.3 is 15.5 Å². The van der Waals surface area contributed by atoms with Crippen LogP contribution in [0.2, 0.25) is 0 Å². The summed E-state index contributed by atoms with van der Waals surface area (Å²) in [6, 6.07) is 0.766. The molecule has 2 rings (SSSR count).